The van der Waals surface area contributed by atoms with Gasteiger partial charge in [0.2, 0.25) is 0 Å². The van der Waals surface area contributed by atoms with Crippen LogP contribution in [-0.2, 0) is 4.74 Å². The van der Waals surface area contributed by atoms with Gasteiger partial charge in [0.15, 0.2) is 0 Å². The molecule has 0 heterocycles. The summed E-state index contributed by atoms with van der Waals surface area (Å²) in [5.74, 6) is -1.17. The monoisotopic (exact) mass is 187 g/mol. The zero-order chi connectivity index (χ0) is 9.68. The van der Waals surface area contributed by atoms with Crippen LogP contribution in [0.15, 0.2) is 18.2 Å². The summed E-state index contributed by atoms with van der Waals surface area (Å²) in [6.45, 7) is 0.794. The van der Waals surface area contributed by atoms with Gasteiger partial charge in [0.05, 0.1) is 6.61 Å². The Morgan fingerprint density at radius 2 is 1.92 bits per heavy atom. The summed E-state index contributed by atoms with van der Waals surface area (Å²) in [6.07, 6.45) is 0. The Morgan fingerprint density at radius 1 is 1.31 bits per heavy atom. The number of para-hydroxylation sites is 1. The molecule has 72 valence electrons. The van der Waals surface area contributed by atoms with Crippen LogP contribution in [0.25, 0.3) is 0 Å². The first kappa shape index (κ1) is 9.92. The van der Waals surface area contributed by atoms with Crippen molar-refractivity contribution in [1.29, 1.82) is 0 Å². The lowest BCUT2D eigenvalue weighted by atomic mass is 10.3. The molecule has 0 unspecified atom stereocenters. The smallest absolute Gasteiger partial charge is 0.149 e. The van der Waals surface area contributed by atoms with Crippen molar-refractivity contribution in [1.82, 2.24) is 0 Å². The zero-order valence-corrected chi connectivity index (χ0v) is 7.31. The minimum Gasteiger partial charge on any atom is -0.383 e. The predicted molar refractivity (Wildman–Crippen MR) is 46.7 cm³/mol. The third kappa shape index (κ3) is 2.66. The molecule has 0 fully saturated rings. The van der Waals surface area contributed by atoms with E-state index in [1.807, 2.05) is 0 Å². The molecule has 0 amide bonds. The minimum absolute atomic E-state index is 0.0976. The molecule has 13 heavy (non-hydrogen) atoms. The molecule has 0 aliphatic carbocycles. The Morgan fingerprint density at radius 3 is 2.46 bits per heavy atom. The highest BCUT2D eigenvalue weighted by Crippen LogP contribution is 2.17. The highest BCUT2D eigenvalue weighted by molar-refractivity contribution is 5.45. The molecule has 0 radical (unpaired) electrons. The summed E-state index contributed by atoms with van der Waals surface area (Å²) in [5.41, 5.74) is -0.0976. The summed E-state index contributed by atoms with van der Waals surface area (Å²) >= 11 is 0. The van der Waals surface area contributed by atoms with Crippen molar-refractivity contribution in [3.63, 3.8) is 0 Å². The van der Waals surface area contributed by atoms with Crippen molar-refractivity contribution >= 4 is 5.69 Å². The van der Waals surface area contributed by atoms with Crippen molar-refractivity contribution in [2.24, 2.45) is 0 Å². The molecule has 1 N–H and O–H groups in total. The van der Waals surface area contributed by atoms with Crippen molar-refractivity contribution in [2.45, 2.75) is 0 Å². The molecular formula is C9H11F2NO. The van der Waals surface area contributed by atoms with Gasteiger partial charge >= 0.3 is 0 Å². The lowest BCUT2D eigenvalue weighted by molar-refractivity contribution is 0.210. The second kappa shape index (κ2) is 4.77. The first-order chi connectivity index (χ1) is 6.25. The molecule has 0 aliphatic rings. The highest BCUT2D eigenvalue weighted by atomic mass is 19.1. The van der Waals surface area contributed by atoms with Crippen molar-refractivity contribution in [3.05, 3.63) is 29.8 Å². The molecule has 0 atom stereocenters. The molecule has 1 rings (SSSR count). The Labute approximate surface area is 75.5 Å². The van der Waals surface area contributed by atoms with E-state index in [9.17, 15) is 8.78 Å². The Kier molecular flexibility index (Phi) is 3.64. The summed E-state index contributed by atoms with van der Waals surface area (Å²) in [4.78, 5) is 0. The van der Waals surface area contributed by atoms with Crippen LogP contribution in [0.5, 0.6) is 0 Å². The Bertz CT molecular complexity index is 258. The van der Waals surface area contributed by atoms with E-state index in [4.69, 9.17) is 4.74 Å². The van der Waals surface area contributed by atoms with Crippen LogP contribution >= 0.6 is 0 Å². The van der Waals surface area contributed by atoms with Gasteiger partial charge in [-0.2, -0.15) is 0 Å². The van der Waals surface area contributed by atoms with Crippen molar-refractivity contribution in [2.75, 3.05) is 25.6 Å². The number of halogens is 2. The van der Waals surface area contributed by atoms with E-state index in [1.165, 1.54) is 25.3 Å². The number of hydrogen-bond acceptors (Lipinski definition) is 2. The maximum atomic E-state index is 12.9. The van der Waals surface area contributed by atoms with Crippen LogP contribution in [0.1, 0.15) is 0 Å². The first-order valence-electron chi connectivity index (χ1n) is 3.92. The fourth-order valence-electron chi connectivity index (χ4n) is 0.945. The largest absolute Gasteiger partial charge is 0.383 e. The van der Waals surface area contributed by atoms with Gasteiger partial charge in [0.25, 0.3) is 0 Å². The van der Waals surface area contributed by atoms with Crippen LogP contribution < -0.4 is 5.32 Å². The summed E-state index contributed by atoms with van der Waals surface area (Å²) in [5, 5.41) is 2.61. The lowest BCUT2D eigenvalue weighted by Gasteiger charge is -2.07. The molecule has 0 spiro atoms. The molecule has 1 aromatic carbocycles. The van der Waals surface area contributed by atoms with E-state index in [1.54, 1.807) is 0 Å². The third-order valence-electron chi connectivity index (χ3n) is 1.57. The van der Waals surface area contributed by atoms with Crippen molar-refractivity contribution in [3.8, 4) is 0 Å². The van der Waals surface area contributed by atoms with Gasteiger partial charge < -0.3 is 10.1 Å². The fourth-order valence-corrected chi connectivity index (χ4v) is 0.945. The first-order valence-corrected chi connectivity index (χ1v) is 3.92. The molecule has 0 saturated carbocycles. The van der Waals surface area contributed by atoms with Crippen LogP contribution in [0.3, 0.4) is 0 Å². The standard InChI is InChI=1S/C9H11F2NO/c1-13-6-5-12-9-7(10)3-2-4-8(9)11/h2-4,12H,5-6H2,1H3. The third-order valence-corrected chi connectivity index (χ3v) is 1.57. The topological polar surface area (TPSA) is 21.3 Å². The molecule has 1 aromatic rings. The zero-order valence-electron chi connectivity index (χ0n) is 7.31. The molecule has 0 saturated heterocycles. The van der Waals surface area contributed by atoms with Gasteiger partial charge in [0, 0.05) is 13.7 Å². The quantitative estimate of drug-likeness (QED) is 0.728. The molecule has 2 nitrogen and oxygen atoms in total. The molecular weight excluding hydrogens is 176 g/mol. The van der Waals surface area contributed by atoms with Gasteiger partial charge in [0.1, 0.15) is 17.3 Å². The molecule has 0 aromatic heterocycles. The average Bonchev–Trinajstić information content (AvgIpc) is 2.10. The average molecular weight is 187 g/mol. The lowest BCUT2D eigenvalue weighted by Crippen LogP contribution is -2.10. The Balaban J connectivity index is 2.64. The van der Waals surface area contributed by atoms with E-state index >= 15 is 0 Å². The SMILES string of the molecule is COCCNc1c(F)cccc1F. The van der Waals surface area contributed by atoms with Gasteiger partial charge in [-0.25, -0.2) is 8.78 Å². The second-order valence-corrected chi connectivity index (χ2v) is 2.52. The van der Waals surface area contributed by atoms with E-state index in [-0.39, 0.29) is 5.69 Å². The van der Waals surface area contributed by atoms with Crippen LogP contribution in [0.2, 0.25) is 0 Å². The summed E-state index contributed by atoms with van der Waals surface area (Å²) in [7, 11) is 1.53. The highest BCUT2D eigenvalue weighted by Gasteiger charge is 2.06. The maximum Gasteiger partial charge on any atom is 0.149 e. The van der Waals surface area contributed by atoms with Gasteiger partial charge in [-0.3, -0.25) is 0 Å². The number of rotatable bonds is 4. The van der Waals surface area contributed by atoms with Gasteiger partial charge in [-0.05, 0) is 12.1 Å². The van der Waals surface area contributed by atoms with E-state index in [0.717, 1.165) is 0 Å². The van der Waals surface area contributed by atoms with Crippen LogP contribution in [0.4, 0.5) is 14.5 Å². The second-order valence-electron chi connectivity index (χ2n) is 2.52. The van der Waals surface area contributed by atoms with Gasteiger partial charge in [-0.15, -0.1) is 0 Å². The van der Waals surface area contributed by atoms with Crippen molar-refractivity contribution < 1.29 is 13.5 Å². The van der Waals surface area contributed by atoms with Crippen LogP contribution in [-0.4, -0.2) is 20.3 Å². The molecule has 0 aliphatic heterocycles. The minimum atomic E-state index is -0.587. The fraction of sp³-hybridized carbons (Fsp3) is 0.333. The van der Waals surface area contributed by atoms with E-state index < -0.39 is 11.6 Å². The number of nitrogens with one attached hydrogen (secondary N) is 1. The number of ether oxygens (including phenoxy) is 1. The number of anilines is 1. The normalized spacial score (nSPS) is 10.1. The van der Waals surface area contributed by atoms with E-state index in [0.29, 0.717) is 13.2 Å². The number of benzene rings is 1. The maximum absolute atomic E-state index is 12.9. The van der Waals surface area contributed by atoms with Crippen LogP contribution in [0, 0.1) is 11.6 Å². The van der Waals surface area contributed by atoms with E-state index in [2.05, 4.69) is 5.32 Å². The summed E-state index contributed by atoms with van der Waals surface area (Å²) < 4.78 is 30.6. The summed E-state index contributed by atoms with van der Waals surface area (Å²) in [6, 6.07) is 3.74. The number of methoxy groups -OCH3 is 1. The molecule has 0 bridgehead atoms. The number of hydrogen-bond donors (Lipinski definition) is 1. The molecule has 4 heteroatoms. The van der Waals surface area contributed by atoms with Gasteiger partial charge in [-0.1, -0.05) is 6.07 Å². The predicted octanol–water partition coefficient (Wildman–Crippen LogP) is 2.02. The Hall–Kier alpha value is -1.16.